The minimum absolute atomic E-state index is 0.0581. The number of carboxylic acids is 1. The van der Waals surface area contributed by atoms with Gasteiger partial charge < -0.3 is 24.4 Å². The summed E-state index contributed by atoms with van der Waals surface area (Å²) in [4.78, 5) is 10.6. The van der Waals surface area contributed by atoms with Crippen LogP contribution in [0.25, 0.3) is 0 Å². The number of carboxylic acid groups (broad SMARTS) is 1. The van der Waals surface area contributed by atoms with Gasteiger partial charge in [-0.2, -0.15) is 0 Å². The first kappa shape index (κ1) is 17.4. The van der Waals surface area contributed by atoms with Gasteiger partial charge in [0.05, 0.1) is 25.7 Å². The second kappa shape index (κ2) is 9.33. The topological polar surface area (TPSA) is 85.2 Å². The smallest absolute Gasteiger partial charge is 0.307 e. The number of aliphatic carboxylic acids is 1. The number of aliphatic hydroxyl groups is 1. The minimum Gasteiger partial charge on any atom is -0.491 e. The molecule has 1 aromatic carbocycles. The number of hydrogen-bond acceptors (Lipinski definition) is 5. The third kappa shape index (κ3) is 7.65. The maximum atomic E-state index is 10.6. The highest BCUT2D eigenvalue weighted by atomic mass is 16.5. The van der Waals surface area contributed by atoms with E-state index in [1.165, 1.54) is 0 Å². The van der Waals surface area contributed by atoms with E-state index in [1.54, 1.807) is 31.4 Å². The van der Waals surface area contributed by atoms with Crippen molar-refractivity contribution < 1.29 is 29.2 Å². The van der Waals surface area contributed by atoms with E-state index in [4.69, 9.17) is 19.3 Å². The van der Waals surface area contributed by atoms with Crippen LogP contribution in [0.4, 0.5) is 0 Å². The quantitative estimate of drug-likeness (QED) is 0.673. The van der Waals surface area contributed by atoms with Crippen LogP contribution in [0.5, 0.6) is 5.75 Å². The summed E-state index contributed by atoms with van der Waals surface area (Å²) in [6.45, 7) is 2.55. The first-order valence-electron chi connectivity index (χ1n) is 6.73. The number of ether oxygens (including phenoxy) is 3. The summed E-state index contributed by atoms with van der Waals surface area (Å²) >= 11 is 0. The van der Waals surface area contributed by atoms with Crippen molar-refractivity contribution in [2.75, 3.05) is 26.9 Å². The van der Waals surface area contributed by atoms with Crippen LogP contribution >= 0.6 is 0 Å². The Morgan fingerprint density at radius 2 is 2.05 bits per heavy atom. The standard InChI is InChI=1S/C15H22O6/c1-11(8-19-2)20-9-13(16)10-21-14-5-3-4-12(6-14)7-15(17)18/h3-6,11,13,16H,7-10H2,1-2H3,(H,17,18). The Morgan fingerprint density at radius 3 is 2.71 bits per heavy atom. The van der Waals surface area contributed by atoms with E-state index in [9.17, 15) is 9.90 Å². The highest BCUT2D eigenvalue weighted by molar-refractivity contribution is 5.70. The van der Waals surface area contributed by atoms with E-state index in [-0.39, 0.29) is 25.7 Å². The minimum atomic E-state index is -0.896. The second-order valence-electron chi connectivity index (χ2n) is 4.78. The Bertz CT molecular complexity index is 434. The first-order valence-corrected chi connectivity index (χ1v) is 6.73. The molecule has 0 saturated heterocycles. The van der Waals surface area contributed by atoms with E-state index in [0.29, 0.717) is 17.9 Å². The van der Waals surface area contributed by atoms with Crippen molar-refractivity contribution in [3.05, 3.63) is 29.8 Å². The van der Waals surface area contributed by atoms with Crippen LogP contribution < -0.4 is 4.74 Å². The van der Waals surface area contributed by atoms with Gasteiger partial charge in [0.25, 0.3) is 0 Å². The lowest BCUT2D eigenvalue weighted by Crippen LogP contribution is -2.27. The van der Waals surface area contributed by atoms with Gasteiger partial charge in [-0.05, 0) is 24.6 Å². The van der Waals surface area contributed by atoms with E-state index in [1.807, 2.05) is 6.92 Å². The molecule has 0 fully saturated rings. The Hall–Kier alpha value is -1.63. The molecule has 1 aromatic rings. The van der Waals surface area contributed by atoms with Crippen LogP contribution in [0.2, 0.25) is 0 Å². The third-order valence-corrected chi connectivity index (χ3v) is 2.67. The highest BCUT2D eigenvalue weighted by Gasteiger charge is 2.09. The molecule has 0 saturated carbocycles. The van der Waals surface area contributed by atoms with Crippen LogP contribution in [0.3, 0.4) is 0 Å². The van der Waals surface area contributed by atoms with Gasteiger partial charge in [0.15, 0.2) is 0 Å². The number of methoxy groups -OCH3 is 1. The molecule has 0 bridgehead atoms. The van der Waals surface area contributed by atoms with Gasteiger partial charge in [-0.15, -0.1) is 0 Å². The summed E-state index contributed by atoms with van der Waals surface area (Å²) in [6.07, 6.45) is -0.909. The normalized spacial score (nSPS) is 13.7. The fourth-order valence-corrected chi connectivity index (χ4v) is 1.72. The maximum Gasteiger partial charge on any atom is 0.307 e. The van der Waals surface area contributed by atoms with Gasteiger partial charge in [0.1, 0.15) is 18.5 Å². The van der Waals surface area contributed by atoms with Crippen LogP contribution in [-0.4, -0.2) is 55.3 Å². The van der Waals surface area contributed by atoms with Gasteiger partial charge in [0.2, 0.25) is 0 Å². The molecule has 2 atom stereocenters. The molecule has 0 radical (unpaired) electrons. The van der Waals surface area contributed by atoms with E-state index in [2.05, 4.69) is 0 Å². The first-order chi connectivity index (χ1) is 10.0. The maximum absolute atomic E-state index is 10.6. The van der Waals surface area contributed by atoms with Crippen LogP contribution in [0, 0.1) is 0 Å². The SMILES string of the molecule is COCC(C)OCC(O)COc1cccc(CC(=O)O)c1. The zero-order valence-corrected chi connectivity index (χ0v) is 12.3. The zero-order chi connectivity index (χ0) is 15.7. The summed E-state index contributed by atoms with van der Waals surface area (Å²) in [5.41, 5.74) is 0.652. The van der Waals surface area contributed by atoms with Crippen molar-refractivity contribution in [1.29, 1.82) is 0 Å². The van der Waals surface area contributed by atoms with E-state index < -0.39 is 12.1 Å². The molecule has 2 N–H and O–H groups in total. The monoisotopic (exact) mass is 298 g/mol. The van der Waals surface area contributed by atoms with Crippen molar-refractivity contribution in [3.63, 3.8) is 0 Å². The van der Waals surface area contributed by atoms with Gasteiger partial charge >= 0.3 is 5.97 Å². The number of benzene rings is 1. The fraction of sp³-hybridized carbons (Fsp3) is 0.533. The number of carbonyl (C=O) groups is 1. The molecule has 2 unspecified atom stereocenters. The molecule has 21 heavy (non-hydrogen) atoms. The third-order valence-electron chi connectivity index (χ3n) is 2.67. The second-order valence-corrected chi connectivity index (χ2v) is 4.78. The van der Waals surface area contributed by atoms with Crippen LogP contribution in [0.1, 0.15) is 12.5 Å². The van der Waals surface area contributed by atoms with Crippen LogP contribution in [0.15, 0.2) is 24.3 Å². The van der Waals surface area contributed by atoms with E-state index >= 15 is 0 Å². The molecule has 6 nitrogen and oxygen atoms in total. The van der Waals surface area contributed by atoms with Crippen molar-refractivity contribution in [2.24, 2.45) is 0 Å². The van der Waals surface area contributed by atoms with Gasteiger partial charge in [-0.25, -0.2) is 0 Å². The predicted octanol–water partition coefficient (Wildman–Crippen LogP) is 1.10. The summed E-state index contributed by atoms with van der Waals surface area (Å²) in [5, 5.41) is 18.5. The lowest BCUT2D eigenvalue weighted by atomic mass is 10.1. The number of rotatable bonds is 10. The highest BCUT2D eigenvalue weighted by Crippen LogP contribution is 2.14. The molecular weight excluding hydrogens is 276 g/mol. The Morgan fingerprint density at radius 1 is 1.29 bits per heavy atom. The lowest BCUT2D eigenvalue weighted by molar-refractivity contribution is -0.136. The Labute approximate surface area is 124 Å². The van der Waals surface area contributed by atoms with Crippen molar-refractivity contribution in [1.82, 2.24) is 0 Å². The number of aliphatic hydroxyl groups excluding tert-OH is 1. The summed E-state index contributed by atoms with van der Waals surface area (Å²) in [6, 6.07) is 6.80. The fourth-order valence-electron chi connectivity index (χ4n) is 1.72. The van der Waals surface area contributed by atoms with E-state index in [0.717, 1.165) is 0 Å². The molecule has 0 amide bonds. The molecule has 0 aromatic heterocycles. The molecular formula is C15H22O6. The largest absolute Gasteiger partial charge is 0.491 e. The van der Waals surface area contributed by atoms with Crippen molar-refractivity contribution in [2.45, 2.75) is 25.6 Å². The zero-order valence-electron chi connectivity index (χ0n) is 12.3. The molecule has 0 aliphatic heterocycles. The molecule has 0 aliphatic rings. The Balaban J connectivity index is 2.35. The predicted molar refractivity (Wildman–Crippen MR) is 76.6 cm³/mol. The summed E-state index contributed by atoms with van der Waals surface area (Å²) < 4.78 is 15.7. The molecule has 6 heteroatoms. The Kier molecular flexibility index (Phi) is 7.74. The lowest BCUT2D eigenvalue weighted by Gasteiger charge is -2.16. The molecule has 0 aliphatic carbocycles. The summed E-state index contributed by atoms with van der Waals surface area (Å²) in [7, 11) is 1.59. The van der Waals surface area contributed by atoms with Crippen molar-refractivity contribution >= 4 is 5.97 Å². The summed E-state index contributed by atoms with van der Waals surface area (Å²) in [5.74, 6) is -0.370. The molecule has 1 rings (SSSR count). The average molecular weight is 298 g/mol. The van der Waals surface area contributed by atoms with Gasteiger partial charge in [-0.1, -0.05) is 12.1 Å². The average Bonchev–Trinajstić information content (AvgIpc) is 2.43. The number of hydrogen-bond donors (Lipinski definition) is 2. The van der Waals surface area contributed by atoms with Gasteiger partial charge in [0, 0.05) is 7.11 Å². The molecule has 118 valence electrons. The van der Waals surface area contributed by atoms with Crippen LogP contribution in [-0.2, 0) is 20.7 Å². The molecule has 0 heterocycles. The van der Waals surface area contributed by atoms with Gasteiger partial charge in [-0.3, -0.25) is 4.79 Å². The molecule has 0 spiro atoms. The van der Waals surface area contributed by atoms with Crippen molar-refractivity contribution in [3.8, 4) is 5.75 Å².